The van der Waals surface area contributed by atoms with Gasteiger partial charge in [0.1, 0.15) is 11.4 Å². The van der Waals surface area contributed by atoms with Crippen molar-refractivity contribution >= 4 is 23.2 Å². The molecule has 0 unspecified atom stereocenters. The minimum atomic E-state index is -0.434. The summed E-state index contributed by atoms with van der Waals surface area (Å²) in [5.74, 6) is -0.909. The van der Waals surface area contributed by atoms with Crippen molar-refractivity contribution in [2.24, 2.45) is 0 Å². The molecular weight excluding hydrogens is 419 g/mol. The molecule has 0 bridgehead atoms. The van der Waals surface area contributed by atoms with Crippen LogP contribution in [0.25, 0.3) is 5.65 Å². The highest BCUT2D eigenvalue weighted by molar-refractivity contribution is 6.31. The summed E-state index contributed by atoms with van der Waals surface area (Å²) < 4.78 is 14.5. The molecule has 0 fully saturated rings. The number of carbonyl (C=O) groups is 1. The first-order chi connectivity index (χ1) is 14.8. The van der Waals surface area contributed by atoms with Crippen LogP contribution in [-0.2, 0) is 13.0 Å². The SMILES string of the molecule is Cc1ccc(CNC(=O)c2cnn3c(O)c(Cc4ccc(F)cc4Cl)c(C)nc23)cc1. The second kappa shape index (κ2) is 8.35. The first-order valence-electron chi connectivity index (χ1n) is 9.67. The highest BCUT2D eigenvalue weighted by Gasteiger charge is 2.20. The Balaban J connectivity index is 1.61. The zero-order chi connectivity index (χ0) is 22.1. The number of aromatic hydroxyl groups is 1. The summed E-state index contributed by atoms with van der Waals surface area (Å²) in [7, 11) is 0. The number of rotatable bonds is 5. The van der Waals surface area contributed by atoms with Gasteiger partial charge < -0.3 is 10.4 Å². The number of halogens is 2. The summed E-state index contributed by atoms with van der Waals surface area (Å²) in [4.78, 5) is 17.2. The molecule has 6 nitrogen and oxygen atoms in total. The van der Waals surface area contributed by atoms with Gasteiger partial charge in [0.05, 0.1) is 6.20 Å². The Bertz CT molecular complexity index is 1290. The van der Waals surface area contributed by atoms with Gasteiger partial charge >= 0.3 is 0 Å². The topological polar surface area (TPSA) is 79.5 Å². The molecule has 0 spiro atoms. The number of fused-ring (bicyclic) bond motifs is 1. The molecular formula is C23H20ClFN4O2. The van der Waals surface area contributed by atoms with Gasteiger partial charge in [-0.25, -0.2) is 9.37 Å². The van der Waals surface area contributed by atoms with Crippen molar-refractivity contribution in [2.75, 3.05) is 0 Å². The summed E-state index contributed by atoms with van der Waals surface area (Å²) >= 11 is 6.12. The quantitative estimate of drug-likeness (QED) is 0.485. The summed E-state index contributed by atoms with van der Waals surface area (Å²) in [5.41, 5.74) is 4.30. The van der Waals surface area contributed by atoms with Gasteiger partial charge in [-0.1, -0.05) is 47.5 Å². The van der Waals surface area contributed by atoms with Crippen molar-refractivity contribution in [2.45, 2.75) is 26.8 Å². The molecule has 0 saturated carbocycles. The van der Waals surface area contributed by atoms with E-state index >= 15 is 0 Å². The van der Waals surface area contributed by atoms with E-state index in [-0.39, 0.29) is 34.4 Å². The fourth-order valence-electron chi connectivity index (χ4n) is 3.33. The molecule has 2 aromatic carbocycles. The van der Waals surface area contributed by atoms with Gasteiger partial charge in [0.15, 0.2) is 5.65 Å². The monoisotopic (exact) mass is 438 g/mol. The number of hydrogen-bond acceptors (Lipinski definition) is 4. The lowest BCUT2D eigenvalue weighted by Gasteiger charge is -2.11. The molecule has 1 amide bonds. The minimum absolute atomic E-state index is 0.138. The van der Waals surface area contributed by atoms with Crippen LogP contribution in [0.1, 0.15) is 38.3 Å². The lowest BCUT2D eigenvalue weighted by atomic mass is 10.0. The van der Waals surface area contributed by atoms with E-state index in [1.54, 1.807) is 13.0 Å². The molecule has 4 rings (SSSR count). The smallest absolute Gasteiger partial charge is 0.257 e. The summed E-state index contributed by atoms with van der Waals surface area (Å²) in [6, 6.07) is 12.0. The van der Waals surface area contributed by atoms with Gasteiger partial charge in [0, 0.05) is 29.2 Å². The van der Waals surface area contributed by atoms with Crippen LogP contribution in [0.15, 0.2) is 48.7 Å². The van der Waals surface area contributed by atoms with Crippen molar-refractivity contribution in [3.05, 3.63) is 93.0 Å². The second-order valence-corrected chi connectivity index (χ2v) is 7.78. The van der Waals surface area contributed by atoms with Crippen LogP contribution in [0, 0.1) is 19.7 Å². The van der Waals surface area contributed by atoms with Crippen LogP contribution < -0.4 is 5.32 Å². The van der Waals surface area contributed by atoms with Crippen molar-refractivity contribution < 1.29 is 14.3 Å². The van der Waals surface area contributed by atoms with E-state index in [9.17, 15) is 14.3 Å². The van der Waals surface area contributed by atoms with Gasteiger partial charge in [-0.15, -0.1) is 0 Å². The number of aromatic nitrogens is 3. The third kappa shape index (κ3) is 4.22. The van der Waals surface area contributed by atoms with Crippen molar-refractivity contribution in [3.63, 3.8) is 0 Å². The predicted molar refractivity (Wildman–Crippen MR) is 116 cm³/mol. The number of nitrogens with one attached hydrogen (secondary N) is 1. The molecule has 2 N–H and O–H groups in total. The average Bonchev–Trinajstić information content (AvgIpc) is 3.16. The highest BCUT2D eigenvalue weighted by atomic mass is 35.5. The molecule has 8 heteroatoms. The zero-order valence-electron chi connectivity index (χ0n) is 17.0. The number of aryl methyl sites for hydroxylation is 2. The van der Waals surface area contributed by atoms with E-state index in [1.165, 1.54) is 22.8 Å². The van der Waals surface area contributed by atoms with E-state index in [1.807, 2.05) is 31.2 Å². The fourth-order valence-corrected chi connectivity index (χ4v) is 3.56. The number of hydrogen-bond donors (Lipinski definition) is 2. The Labute approximate surface area is 183 Å². The lowest BCUT2D eigenvalue weighted by Crippen LogP contribution is -2.23. The average molecular weight is 439 g/mol. The van der Waals surface area contributed by atoms with Gasteiger partial charge in [-0.3, -0.25) is 4.79 Å². The summed E-state index contributed by atoms with van der Waals surface area (Å²) in [6.07, 6.45) is 1.62. The van der Waals surface area contributed by atoms with E-state index < -0.39 is 5.82 Å². The molecule has 0 aliphatic carbocycles. The summed E-state index contributed by atoms with van der Waals surface area (Å²) in [6.45, 7) is 4.09. The maximum Gasteiger partial charge on any atom is 0.257 e. The first kappa shape index (κ1) is 20.8. The number of amides is 1. The van der Waals surface area contributed by atoms with E-state index in [0.29, 0.717) is 23.4 Å². The Hall–Kier alpha value is -3.45. The largest absolute Gasteiger partial charge is 0.493 e. The van der Waals surface area contributed by atoms with Crippen LogP contribution in [0.3, 0.4) is 0 Å². The Morgan fingerprint density at radius 1 is 1.19 bits per heavy atom. The maximum absolute atomic E-state index is 13.3. The second-order valence-electron chi connectivity index (χ2n) is 7.37. The molecule has 0 atom stereocenters. The predicted octanol–water partition coefficient (Wildman–Crippen LogP) is 4.37. The van der Waals surface area contributed by atoms with E-state index in [0.717, 1.165) is 11.1 Å². The van der Waals surface area contributed by atoms with Crippen molar-refractivity contribution in [1.29, 1.82) is 0 Å². The molecule has 31 heavy (non-hydrogen) atoms. The molecule has 2 aromatic heterocycles. The normalized spacial score (nSPS) is 11.1. The van der Waals surface area contributed by atoms with Crippen LogP contribution in [0.4, 0.5) is 4.39 Å². The third-order valence-corrected chi connectivity index (χ3v) is 5.48. The maximum atomic E-state index is 13.3. The lowest BCUT2D eigenvalue weighted by molar-refractivity contribution is 0.0952. The van der Waals surface area contributed by atoms with Crippen LogP contribution >= 0.6 is 11.6 Å². The van der Waals surface area contributed by atoms with Gasteiger partial charge in [-0.05, 0) is 37.1 Å². The summed E-state index contributed by atoms with van der Waals surface area (Å²) in [5, 5.41) is 18.0. The first-order valence-corrected chi connectivity index (χ1v) is 10.0. The number of benzene rings is 2. The van der Waals surface area contributed by atoms with Crippen LogP contribution in [-0.4, -0.2) is 25.6 Å². The molecule has 0 radical (unpaired) electrons. The van der Waals surface area contributed by atoms with Gasteiger partial charge in [0.2, 0.25) is 5.88 Å². The molecule has 4 aromatic rings. The molecule has 0 saturated heterocycles. The Morgan fingerprint density at radius 2 is 1.94 bits per heavy atom. The molecule has 0 aliphatic heterocycles. The third-order valence-electron chi connectivity index (χ3n) is 5.13. The molecule has 158 valence electrons. The number of nitrogens with zero attached hydrogens (tertiary/aromatic N) is 3. The Morgan fingerprint density at radius 3 is 2.65 bits per heavy atom. The van der Waals surface area contributed by atoms with E-state index in [4.69, 9.17) is 11.6 Å². The van der Waals surface area contributed by atoms with Gasteiger partial charge in [-0.2, -0.15) is 9.61 Å². The van der Waals surface area contributed by atoms with Gasteiger partial charge in [0.25, 0.3) is 5.91 Å². The highest BCUT2D eigenvalue weighted by Crippen LogP contribution is 2.28. The van der Waals surface area contributed by atoms with Crippen LogP contribution in [0.2, 0.25) is 5.02 Å². The molecule has 0 aliphatic rings. The van der Waals surface area contributed by atoms with E-state index in [2.05, 4.69) is 15.4 Å². The minimum Gasteiger partial charge on any atom is -0.493 e. The fraction of sp³-hybridized carbons (Fsp3) is 0.174. The Kier molecular flexibility index (Phi) is 5.61. The van der Waals surface area contributed by atoms with Crippen molar-refractivity contribution in [3.8, 4) is 5.88 Å². The molecule has 2 heterocycles. The van der Waals surface area contributed by atoms with Crippen LogP contribution in [0.5, 0.6) is 5.88 Å². The number of carbonyl (C=O) groups excluding carboxylic acids is 1. The van der Waals surface area contributed by atoms with Crippen molar-refractivity contribution in [1.82, 2.24) is 19.9 Å². The zero-order valence-corrected chi connectivity index (χ0v) is 17.7. The standard InChI is InChI=1S/C23H20ClFN4O2/c1-13-3-5-15(6-4-13)11-26-22(30)19-12-27-29-21(19)28-14(2)18(23(29)31)9-16-7-8-17(25)10-20(16)24/h3-8,10,12,31H,9,11H2,1-2H3,(H,26,30).